The van der Waals surface area contributed by atoms with Gasteiger partial charge in [-0.05, 0) is 99.3 Å². The van der Waals surface area contributed by atoms with Crippen molar-refractivity contribution in [2.24, 2.45) is 0 Å². The fourth-order valence-corrected chi connectivity index (χ4v) is 7.46. The molecule has 50 heavy (non-hydrogen) atoms. The standard InChI is InChI=1S/C38H53N5O5SSi/c1-12-13-14-15-26-21-29(49(9,45)46)16-17-31(26)41-34-40-19-18-32(42-34)27-20-28(23-39)33-30(22-27)38(8,25-47-50(10,11)37(5,6)7)24-43(33)35(44)48-36(2,3)4/h16-22H,12-15,24-25H2,1-11H3,(H,40,41,42)/t38-/m1/s1. The minimum atomic E-state index is -3.37. The molecule has 1 aliphatic heterocycles. The van der Waals surface area contributed by atoms with Crippen molar-refractivity contribution in [3.8, 4) is 17.3 Å². The van der Waals surface area contributed by atoms with E-state index in [1.165, 1.54) is 6.26 Å². The summed E-state index contributed by atoms with van der Waals surface area (Å²) in [6, 6.07) is 12.9. The number of unbranched alkanes of at least 4 members (excludes halogenated alkanes) is 2. The van der Waals surface area contributed by atoms with E-state index < -0.39 is 35.3 Å². The van der Waals surface area contributed by atoms with Crippen LogP contribution < -0.4 is 10.2 Å². The average Bonchev–Trinajstić information content (AvgIpc) is 3.31. The second kappa shape index (κ2) is 14.4. The Labute approximate surface area is 299 Å². The van der Waals surface area contributed by atoms with E-state index in [2.05, 4.69) is 64.1 Å². The largest absolute Gasteiger partial charge is 0.443 e. The molecule has 3 aromatic rings. The van der Waals surface area contributed by atoms with Crippen LogP contribution in [0, 0.1) is 11.3 Å². The molecule has 1 amide bonds. The summed E-state index contributed by atoms with van der Waals surface area (Å²) < 4.78 is 37.2. The van der Waals surface area contributed by atoms with Crippen LogP contribution in [-0.4, -0.2) is 57.8 Å². The quantitative estimate of drug-likeness (QED) is 0.152. The van der Waals surface area contributed by atoms with Crippen LogP contribution in [0.2, 0.25) is 18.1 Å². The molecule has 0 saturated carbocycles. The van der Waals surface area contributed by atoms with Gasteiger partial charge in [0.15, 0.2) is 18.2 Å². The SMILES string of the molecule is CCCCCc1cc(S(C)(=O)=O)ccc1Nc1nccc(-c2cc(C#N)c3c(c2)[C@@](C)(CO[Si](C)(C)C(C)(C)C)CN3C(=O)OC(C)(C)C)n1. The molecule has 0 radical (unpaired) electrons. The van der Waals surface area contributed by atoms with Crippen LogP contribution >= 0.6 is 0 Å². The van der Waals surface area contributed by atoms with Gasteiger partial charge in [-0.1, -0.05) is 47.5 Å². The minimum Gasteiger partial charge on any atom is -0.443 e. The average molecular weight is 720 g/mol. The monoisotopic (exact) mass is 719 g/mol. The molecule has 270 valence electrons. The first-order chi connectivity index (χ1) is 23.1. The molecule has 1 aliphatic rings. The smallest absolute Gasteiger partial charge is 0.414 e. The Hall–Kier alpha value is -3.79. The Bertz CT molecular complexity index is 1890. The number of nitrogens with zero attached hydrogens (tertiary/aromatic N) is 4. The number of ether oxygens (including phenoxy) is 1. The number of nitriles is 1. The molecule has 0 fully saturated rings. The molecule has 0 bridgehead atoms. The molecule has 1 atom stereocenters. The van der Waals surface area contributed by atoms with Crippen molar-refractivity contribution in [1.82, 2.24) is 9.97 Å². The number of nitrogens with one attached hydrogen (secondary N) is 1. The molecule has 2 heterocycles. The third-order valence-corrected chi connectivity index (χ3v) is 15.2. The Balaban J connectivity index is 1.78. The van der Waals surface area contributed by atoms with Gasteiger partial charge in [-0.2, -0.15) is 5.26 Å². The van der Waals surface area contributed by atoms with Crippen molar-refractivity contribution in [1.29, 1.82) is 5.26 Å². The highest BCUT2D eigenvalue weighted by Crippen LogP contribution is 2.47. The summed E-state index contributed by atoms with van der Waals surface area (Å²) in [5.74, 6) is 0.338. The Kier molecular flexibility index (Phi) is 11.3. The normalized spacial score (nSPS) is 16.6. The van der Waals surface area contributed by atoms with Crippen LogP contribution in [0.3, 0.4) is 0 Å². The van der Waals surface area contributed by atoms with Crippen LogP contribution in [-0.2, 0) is 30.8 Å². The van der Waals surface area contributed by atoms with Crippen molar-refractivity contribution in [2.45, 2.75) is 115 Å². The van der Waals surface area contributed by atoms with Crippen LogP contribution in [0.15, 0.2) is 47.5 Å². The molecule has 1 aromatic heterocycles. The highest BCUT2D eigenvalue weighted by molar-refractivity contribution is 7.90. The summed E-state index contributed by atoms with van der Waals surface area (Å²) in [5, 5.41) is 13.7. The molecular weight excluding hydrogens is 667 g/mol. The molecule has 10 nitrogen and oxygen atoms in total. The number of carbonyl (C=O) groups is 1. The number of aryl methyl sites for hydroxylation is 1. The molecule has 0 spiro atoms. The topological polar surface area (TPSA) is 135 Å². The number of anilines is 3. The fraction of sp³-hybridized carbons (Fsp3) is 0.526. The molecule has 0 aliphatic carbocycles. The lowest BCUT2D eigenvalue weighted by Crippen LogP contribution is -2.46. The molecule has 0 unspecified atom stereocenters. The summed E-state index contributed by atoms with van der Waals surface area (Å²) >= 11 is 0. The lowest BCUT2D eigenvalue weighted by molar-refractivity contribution is 0.0575. The minimum absolute atomic E-state index is 0.0132. The second-order valence-electron chi connectivity index (χ2n) is 16.1. The molecule has 12 heteroatoms. The number of fused-ring (bicyclic) bond motifs is 1. The van der Waals surface area contributed by atoms with Gasteiger partial charge in [0, 0.05) is 42.3 Å². The number of amides is 1. The lowest BCUT2D eigenvalue weighted by Gasteiger charge is -2.39. The van der Waals surface area contributed by atoms with Gasteiger partial charge in [-0.3, -0.25) is 4.90 Å². The van der Waals surface area contributed by atoms with Gasteiger partial charge >= 0.3 is 6.09 Å². The van der Waals surface area contributed by atoms with Crippen LogP contribution in [0.4, 0.5) is 22.1 Å². The molecular formula is C38H53N5O5SSi. The van der Waals surface area contributed by atoms with Gasteiger partial charge in [0.1, 0.15) is 11.7 Å². The van der Waals surface area contributed by atoms with E-state index in [1.54, 1.807) is 41.4 Å². The number of rotatable bonds is 11. The zero-order valence-electron chi connectivity index (χ0n) is 31.5. The maximum Gasteiger partial charge on any atom is 0.414 e. The van der Waals surface area contributed by atoms with Gasteiger partial charge in [0.05, 0.1) is 21.8 Å². The molecule has 1 N–H and O–H groups in total. The fourth-order valence-electron chi connectivity index (χ4n) is 5.68. The third kappa shape index (κ3) is 8.92. The highest BCUT2D eigenvalue weighted by atomic mass is 32.2. The van der Waals surface area contributed by atoms with Gasteiger partial charge in [0.25, 0.3) is 0 Å². The predicted octanol–water partition coefficient (Wildman–Crippen LogP) is 8.93. The van der Waals surface area contributed by atoms with E-state index in [9.17, 15) is 18.5 Å². The number of hydrogen-bond acceptors (Lipinski definition) is 9. The number of benzene rings is 2. The first-order valence-corrected chi connectivity index (χ1v) is 22.0. The van der Waals surface area contributed by atoms with Gasteiger partial charge < -0.3 is 14.5 Å². The number of sulfone groups is 1. The van der Waals surface area contributed by atoms with E-state index in [0.717, 1.165) is 36.1 Å². The first-order valence-electron chi connectivity index (χ1n) is 17.2. The molecule has 2 aromatic carbocycles. The van der Waals surface area contributed by atoms with Gasteiger partial charge in [0.2, 0.25) is 5.95 Å². The van der Waals surface area contributed by atoms with Crippen molar-refractivity contribution in [3.05, 3.63) is 59.3 Å². The van der Waals surface area contributed by atoms with E-state index in [1.807, 2.05) is 26.8 Å². The number of aromatic nitrogens is 2. The van der Waals surface area contributed by atoms with Crippen molar-refractivity contribution >= 4 is 41.6 Å². The first kappa shape index (κ1) is 39.0. The Morgan fingerprint density at radius 1 is 1.10 bits per heavy atom. The number of hydrogen-bond donors (Lipinski definition) is 1. The van der Waals surface area contributed by atoms with Crippen LogP contribution in [0.5, 0.6) is 0 Å². The zero-order valence-corrected chi connectivity index (χ0v) is 33.3. The number of carbonyl (C=O) groups excluding carboxylic acids is 1. The molecule has 0 saturated heterocycles. The molecule has 4 rings (SSSR count). The predicted molar refractivity (Wildman–Crippen MR) is 202 cm³/mol. The lowest BCUT2D eigenvalue weighted by atomic mass is 9.83. The summed E-state index contributed by atoms with van der Waals surface area (Å²) in [6.07, 6.45) is 6.05. The zero-order chi connectivity index (χ0) is 37.3. The van der Waals surface area contributed by atoms with Gasteiger partial charge in [-0.15, -0.1) is 0 Å². The second-order valence-corrected chi connectivity index (χ2v) is 23.0. The highest BCUT2D eigenvalue weighted by Gasteiger charge is 2.47. The van der Waals surface area contributed by atoms with Crippen LogP contribution in [0.1, 0.15) is 91.3 Å². The van der Waals surface area contributed by atoms with E-state index in [0.29, 0.717) is 48.0 Å². The van der Waals surface area contributed by atoms with Crippen molar-refractivity contribution in [2.75, 3.05) is 29.6 Å². The maximum absolute atomic E-state index is 13.6. The van der Waals surface area contributed by atoms with Crippen LogP contribution in [0.25, 0.3) is 11.3 Å². The van der Waals surface area contributed by atoms with E-state index >= 15 is 0 Å². The summed E-state index contributed by atoms with van der Waals surface area (Å²) in [7, 11) is -5.54. The van der Waals surface area contributed by atoms with Crippen molar-refractivity contribution in [3.63, 3.8) is 0 Å². The maximum atomic E-state index is 13.6. The third-order valence-electron chi connectivity index (χ3n) is 9.58. The van der Waals surface area contributed by atoms with E-state index in [-0.39, 0.29) is 9.93 Å². The van der Waals surface area contributed by atoms with E-state index in [4.69, 9.17) is 14.1 Å². The Morgan fingerprint density at radius 3 is 2.40 bits per heavy atom. The summed E-state index contributed by atoms with van der Waals surface area (Å²) in [4.78, 5) is 24.8. The Morgan fingerprint density at radius 2 is 1.80 bits per heavy atom. The summed E-state index contributed by atoms with van der Waals surface area (Å²) in [5.41, 5.74) is 3.23. The van der Waals surface area contributed by atoms with Crippen molar-refractivity contribution < 1.29 is 22.4 Å². The van der Waals surface area contributed by atoms with Gasteiger partial charge in [-0.25, -0.2) is 23.2 Å². The summed E-state index contributed by atoms with van der Waals surface area (Å²) in [6.45, 7) is 21.3.